The van der Waals surface area contributed by atoms with E-state index < -0.39 is 0 Å². The molecule has 1 fully saturated rings. The fourth-order valence-corrected chi connectivity index (χ4v) is 3.39. The number of carbonyl (C=O) groups is 1. The number of carbonyl (C=O) groups excluding carboxylic acids is 1. The summed E-state index contributed by atoms with van der Waals surface area (Å²) in [5.74, 6) is 0. The smallest absolute Gasteiger partial charge is 0.319 e. The van der Waals surface area contributed by atoms with E-state index in [1.165, 1.54) is 11.1 Å². The van der Waals surface area contributed by atoms with Gasteiger partial charge in [0.25, 0.3) is 0 Å². The van der Waals surface area contributed by atoms with Gasteiger partial charge in [-0.05, 0) is 82.7 Å². The molecule has 1 saturated carbocycles. The van der Waals surface area contributed by atoms with Crippen LogP contribution in [0.25, 0.3) is 0 Å². The molecular weight excluding hydrogens is 340 g/mol. The largest absolute Gasteiger partial charge is 0.460 e. The van der Waals surface area contributed by atoms with Crippen molar-refractivity contribution in [1.82, 2.24) is 15.3 Å². The maximum absolute atomic E-state index is 12.3. The molecule has 2 N–H and O–H groups in total. The molecule has 2 amide bonds. The molecule has 1 heterocycles. The summed E-state index contributed by atoms with van der Waals surface area (Å²) in [4.78, 5) is 20.9. The Hall–Kier alpha value is -2.63. The fraction of sp³-hybridized carbons (Fsp3) is 0.476. The number of hydrogen-bond acceptors (Lipinski definition) is 4. The number of hydrogen-bond donors (Lipinski definition) is 2. The van der Waals surface area contributed by atoms with Crippen molar-refractivity contribution < 1.29 is 9.53 Å². The number of rotatable bonds is 4. The van der Waals surface area contributed by atoms with Crippen molar-refractivity contribution in [2.75, 3.05) is 5.32 Å². The molecule has 1 aromatic heterocycles. The maximum Gasteiger partial charge on any atom is 0.319 e. The molecule has 2 aromatic rings. The van der Waals surface area contributed by atoms with E-state index in [0.717, 1.165) is 42.8 Å². The molecular formula is C21H28N4O2. The molecule has 0 aliphatic heterocycles. The predicted octanol–water partition coefficient (Wildman–Crippen LogP) is 4.22. The Balaban J connectivity index is 1.46. The highest BCUT2D eigenvalue weighted by Gasteiger charge is 2.24. The molecule has 0 unspecified atom stereocenters. The lowest BCUT2D eigenvalue weighted by atomic mass is 9.93. The van der Waals surface area contributed by atoms with Crippen molar-refractivity contribution in [2.45, 2.75) is 65.5 Å². The SMILES string of the molecule is Cc1cc(C)nc(OC2CCC(NC(=O)Nc3ccc(C)c(C)c3)CC2)n1. The standard InChI is InChI=1S/C21H28N4O2/c1-13-5-6-18(11-14(13)2)25-20(26)24-17-7-9-19(10-8-17)27-21-22-15(3)12-16(4)23-21/h5-6,11-12,17,19H,7-10H2,1-4H3,(H2,24,25,26). The molecule has 0 spiro atoms. The third-order valence-electron chi connectivity index (χ3n) is 5.01. The molecule has 6 heteroatoms. The zero-order chi connectivity index (χ0) is 19.4. The van der Waals surface area contributed by atoms with Crippen LogP contribution in [0.1, 0.15) is 48.2 Å². The van der Waals surface area contributed by atoms with Gasteiger partial charge in [0.1, 0.15) is 6.10 Å². The first-order chi connectivity index (χ1) is 12.9. The lowest BCUT2D eigenvalue weighted by Crippen LogP contribution is -2.41. The fourth-order valence-electron chi connectivity index (χ4n) is 3.39. The molecule has 0 saturated heterocycles. The van der Waals surface area contributed by atoms with E-state index in [2.05, 4.69) is 27.5 Å². The highest BCUT2D eigenvalue weighted by molar-refractivity contribution is 5.89. The first-order valence-electron chi connectivity index (χ1n) is 9.53. The molecule has 1 aromatic carbocycles. The van der Waals surface area contributed by atoms with Gasteiger partial charge in [-0.25, -0.2) is 14.8 Å². The molecule has 27 heavy (non-hydrogen) atoms. The van der Waals surface area contributed by atoms with E-state index in [1.807, 2.05) is 45.0 Å². The number of nitrogens with zero attached hydrogens (tertiary/aromatic N) is 2. The summed E-state index contributed by atoms with van der Waals surface area (Å²) in [7, 11) is 0. The summed E-state index contributed by atoms with van der Waals surface area (Å²) >= 11 is 0. The van der Waals surface area contributed by atoms with E-state index in [0.29, 0.717) is 6.01 Å². The number of aromatic nitrogens is 2. The van der Waals surface area contributed by atoms with Crippen molar-refractivity contribution in [1.29, 1.82) is 0 Å². The third-order valence-corrected chi connectivity index (χ3v) is 5.01. The predicted molar refractivity (Wildman–Crippen MR) is 106 cm³/mol. The van der Waals surface area contributed by atoms with Crippen LogP contribution in [0.3, 0.4) is 0 Å². The number of benzene rings is 1. The van der Waals surface area contributed by atoms with Gasteiger partial charge in [0, 0.05) is 23.1 Å². The van der Waals surface area contributed by atoms with Crippen molar-refractivity contribution >= 4 is 11.7 Å². The number of nitrogens with one attached hydrogen (secondary N) is 2. The summed E-state index contributed by atoms with van der Waals surface area (Å²) < 4.78 is 5.94. The summed E-state index contributed by atoms with van der Waals surface area (Å²) in [6, 6.07) is 8.33. The number of urea groups is 1. The second-order valence-electron chi connectivity index (χ2n) is 7.42. The Morgan fingerprint density at radius 3 is 2.26 bits per heavy atom. The molecule has 6 nitrogen and oxygen atoms in total. The van der Waals surface area contributed by atoms with Gasteiger partial charge in [0.2, 0.25) is 0 Å². The van der Waals surface area contributed by atoms with E-state index in [9.17, 15) is 4.79 Å². The van der Waals surface area contributed by atoms with Crippen LogP contribution >= 0.6 is 0 Å². The topological polar surface area (TPSA) is 76.1 Å². The monoisotopic (exact) mass is 368 g/mol. The van der Waals surface area contributed by atoms with Gasteiger partial charge in [-0.1, -0.05) is 6.07 Å². The Kier molecular flexibility index (Phi) is 5.94. The lowest BCUT2D eigenvalue weighted by Gasteiger charge is -2.29. The van der Waals surface area contributed by atoms with Crippen LogP contribution in [0.2, 0.25) is 0 Å². The van der Waals surface area contributed by atoms with Gasteiger partial charge >= 0.3 is 12.0 Å². The van der Waals surface area contributed by atoms with Gasteiger partial charge in [0.05, 0.1) is 0 Å². The summed E-state index contributed by atoms with van der Waals surface area (Å²) in [6.07, 6.45) is 3.63. The molecule has 1 aliphatic carbocycles. The summed E-state index contributed by atoms with van der Waals surface area (Å²) in [5, 5.41) is 5.99. The van der Waals surface area contributed by atoms with Crippen molar-refractivity contribution in [3.8, 4) is 6.01 Å². The highest BCUT2D eigenvalue weighted by Crippen LogP contribution is 2.23. The van der Waals surface area contributed by atoms with Crippen molar-refractivity contribution in [2.24, 2.45) is 0 Å². The van der Waals surface area contributed by atoms with E-state index in [1.54, 1.807) is 0 Å². The maximum atomic E-state index is 12.3. The Morgan fingerprint density at radius 2 is 1.63 bits per heavy atom. The van der Waals surface area contributed by atoms with Crippen LogP contribution in [0, 0.1) is 27.7 Å². The Labute approximate surface area is 160 Å². The quantitative estimate of drug-likeness (QED) is 0.847. The average molecular weight is 368 g/mol. The zero-order valence-corrected chi connectivity index (χ0v) is 16.5. The minimum absolute atomic E-state index is 0.104. The second-order valence-corrected chi connectivity index (χ2v) is 7.42. The van der Waals surface area contributed by atoms with Crippen molar-refractivity contribution in [3.63, 3.8) is 0 Å². The van der Waals surface area contributed by atoms with Crippen LogP contribution in [0.5, 0.6) is 6.01 Å². The Morgan fingerprint density at radius 1 is 0.963 bits per heavy atom. The zero-order valence-electron chi connectivity index (χ0n) is 16.5. The minimum atomic E-state index is -0.153. The third kappa shape index (κ3) is 5.42. The summed E-state index contributed by atoms with van der Waals surface area (Å²) in [6.45, 7) is 7.98. The van der Waals surface area contributed by atoms with Crippen LogP contribution in [-0.4, -0.2) is 28.1 Å². The van der Waals surface area contributed by atoms with Gasteiger partial charge in [-0.2, -0.15) is 0 Å². The number of aryl methyl sites for hydroxylation is 4. The van der Waals surface area contributed by atoms with Crippen LogP contribution in [0.4, 0.5) is 10.5 Å². The van der Waals surface area contributed by atoms with Gasteiger partial charge < -0.3 is 15.4 Å². The second kappa shape index (κ2) is 8.37. The van der Waals surface area contributed by atoms with Gasteiger partial charge in [0.15, 0.2) is 0 Å². The van der Waals surface area contributed by atoms with E-state index in [4.69, 9.17) is 4.74 Å². The molecule has 0 radical (unpaired) electrons. The molecule has 0 atom stereocenters. The van der Waals surface area contributed by atoms with Crippen LogP contribution in [-0.2, 0) is 0 Å². The van der Waals surface area contributed by atoms with Crippen molar-refractivity contribution in [3.05, 3.63) is 46.8 Å². The van der Waals surface area contributed by atoms with Gasteiger partial charge in [-0.15, -0.1) is 0 Å². The first-order valence-corrected chi connectivity index (χ1v) is 9.53. The molecule has 144 valence electrons. The Bertz CT molecular complexity index is 794. The van der Waals surface area contributed by atoms with Crippen LogP contribution in [0.15, 0.2) is 24.3 Å². The molecule has 0 bridgehead atoms. The number of ether oxygens (including phenoxy) is 1. The average Bonchev–Trinajstić information content (AvgIpc) is 2.59. The lowest BCUT2D eigenvalue weighted by molar-refractivity contribution is 0.129. The normalized spacial score (nSPS) is 19.4. The van der Waals surface area contributed by atoms with E-state index in [-0.39, 0.29) is 18.2 Å². The van der Waals surface area contributed by atoms with E-state index >= 15 is 0 Å². The summed E-state index contributed by atoms with van der Waals surface area (Å²) in [5.41, 5.74) is 5.03. The first kappa shape index (κ1) is 19.1. The molecule has 1 aliphatic rings. The number of amides is 2. The number of anilines is 1. The minimum Gasteiger partial charge on any atom is -0.460 e. The van der Waals surface area contributed by atoms with Gasteiger partial charge in [-0.3, -0.25) is 0 Å². The van der Waals surface area contributed by atoms with Crippen LogP contribution < -0.4 is 15.4 Å². The highest BCUT2D eigenvalue weighted by atomic mass is 16.5. The molecule has 3 rings (SSSR count).